The monoisotopic (exact) mass is 312 g/mol. The van der Waals surface area contributed by atoms with E-state index in [9.17, 15) is 5.11 Å². The average Bonchev–Trinajstić information content (AvgIpc) is 3.25. The van der Waals surface area contributed by atoms with Crippen LogP contribution in [0.3, 0.4) is 0 Å². The fourth-order valence-corrected chi connectivity index (χ4v) is 3.23. The van der Waals surface area contributed by atoms with E-state index in [1.807, 2.05) is 19.1 Å². The number of likely N-dealkylation sites (tertiary alicyclic amines) is 1. The zero-order chi connectivity index (χ0) is 15.9. The molecule has 6 nitrogen and oxygen atoms in total. The molecule has 23 heavy (non-hydrogen) atoms. The predicted molar refractivity (Wildman–Crippen MR) is 85.8 cm³/mol. The van der Waals surface area contributed by atoms with Crippen molar-refractivity contribution in [3.05, 3.63) is 47.7 Å². The van der Waals surface area contributed by atoms with Crippen LogP contribution >= 0.6 is 0 Å². The molecule has 2 aromatic heterocycles. The van der Waals surface area contributed by atoms with Crippen molar-refractivity contribution in [2.45, 2.75) is 31.9 Å². The molecule has 0 radical (unpaired) electrons. The maximum Gasteiger partial charge on any atom is 0.259 e. The zero-order valence-corrected chi connectivity index (χ0v) is 13.1. The average molecular weight is 312 g/mol. The summed E-state index contributed by atoms with van der Waals surface area (Å²) in [6, 6.07) is 10.4. The van der Waals surface area contributed by atoms with Crippen LogP contribution in [0, 0.1) is 0 Å². The molecule has 1 aromatic carbocycles. The molecule has 2 N–H and O–H groups in total. The van der Waals surface area contributed by atoms with Crippen molar-refractivity contribution in [3.8, 4) is 0 Å². The van der Waals surface area contributed by atoms with Crippen LogP contribution in [0.1, 0.15) is 30.8 Å². The fourth-order valence-electron chi connectivity index (χ4n) is 3.23. The maximum absolute atomic E-state index is 10.8. The summed E-state index contributed by atoms with van der Waals surface area (Å²) < 4.78 is 5.24. The third-order valence-electron chi connectivity index (χ3n) is 4.49. The van der Waals surface area contributed by atoms with E-state index in [2.05, 4.69) is 38.2 Å². The number of aromatic nitrogens is 3. The molecule has 1 aliphatic rings. The number of para-hydroxylation sites is 1. The van der Waals surface area contributed by atoms with Crippen LogP contribution in [0.25, 0.3) is 10.9 Å². The van der Waals surface area contributed by atoms with Gasteiger partial charge in [-0.3, -0.25) is 4.90 Å². The molecule has 0 amide bonds. The van der Waals surface area contributed by atoms with E-state index in [1.54, 1.807) is 0 Å². The molecule has 0 saturated carbocycles. The third-order valence-corrected chi connectivity index (χ3v) is 4.49. The quantitative estimate of drug-likeness (QED) is 0.772. The Morgan fingerprint density at radius 1 is 1.39 bits per heavy atom. The van der Waals surface area contributed by atoms with Gasteiger partial charge in [0.1, 0.15) is 0 Å². The van der Waals surface area contributed by atoms with Crippen LogP contribution in [0.5, 0.6) is 0 Å². The lowest BCUT2D eigenvalue weighted by Crippen LogP contribution is -2.31. The maximum atomic E-state index is 10.8. The summed E-state index contributed by atoms with van der Waals surface area (Å²) in [6.07, 6.45) is 1.32. The van der Waals surface area contributed by atoms with E-state index in [1.165, 1.54) is 5.39 Å². The SMILES string of the molecule is CCc1noc(C2(O)CCN(Cc3cc4ccccc4[nH]3)C2)n1. The van der Waals surface area contributed by atoms with Gasteiger partial charge in [0.2, 0.25) is 0 Å². The Morgan fingerprint density at radius 2 is 2.26 bits per heavy atom. The van der Waals surface area contributed by atoms with E-state index in [-0.39, 0.29) is 0 Å². The van der Waals surface area contributed by atoms with Crippen LogP contribution < -0.4 is 0 Å². The standard InChI is InChI=1S/C17H20N4O2/c1-2-15-19-16(23-20-15)17(22)7-8-21(11-17)10-13-9-12-5-3-4-6-14(12)18-13/h3-6,9,18,22H,2,7-8,10-11H2,1H3. The molecule has 1 fully saturated rings. The predicted octanol–water partition coefficient (Wildman–Crippen LogP) is 2.21. The Labute approximate surface area is 134 Å². The molecular weight excluding hydrogens is 292 g/mol. The Kier molecular flexibility index (Phi) is 3.43. The third kappa shape index (κ3) is 2.64. The molecular formula is C17H20N4O2. The zero-order valence-electron chi connectivity index (χ0n) is 13.1. The lowest BCUT2D eigenvalue weighted by Gasteiger charge is -2.19. The van der Waals surface area contributed by atoms with E-state index >= 15 is 0 Å². The van der Waals surface area contributed by atoms with Crippen LogP contribution in [-0.2, 0) is 18.6 Å². The molecule has 120 valence electrons. The highest BCUT2D eigenvalue weighted by molar-refractivity contribution is 5.80. The number of hydrogen-bond acceptors (Lipinski definition) is 5. The molecule has 0 spiro atoms. The summed E-state index contributed by atoms with van der Waals surface area (Å²) in [5.41, 5.74) is 1.25. The number of benzene rings is 1. The summed E-state index contributed by atoms with van der Waals surface area (Å²) in [6.45, 7) is 4.05. The number of β-amino-alcohol motifs (C(OH)–C–C–N with tert-alkyl or cyclic N) is 1. The van der Waals surface area contributed by atoms with E-state index < -0.39 is 5.60 Å². The first-order valence-electron chi connectivity index (χ1n) is 8.01. The van der Waals surface area contributed by atoms with Gasteiger partial charge in [-0.1, -0.05) is 30.3 Å². The van der Waals surface area contributed by atoms with Crippen molar-refractivity contribution in [2.75, 3.05) is 13.1 Å². The Balaban J connectivity index is 1.49. The summed E-state index contributed by atoms with van der Waals surface area (Å²) in [7, 11) is 0. The number of aryl methyl sites for hydroxylation is 1. The van der Waals surface area contributed by atoms with E-state index in [0.717, 1.165) is 24.3 Å². The lowest BCUT2D eigenvalue weighted by molar-refractivity contribution is 0.0130. The van der Waals surface area contributed by atoms with Gasteiger partial charge in [-0.05, 0) is 23.9 Å². The number of nitrogens with one attached hydrogen (secondary N) is 1. The van der Waals surface area contributed by atoms with Crippen molar-refractivity contribution in [1.29, 1.82) is 0 Å². The molecule has 1 atom stereocenters. The van der Waals surface area contributed by atoms with Gasteiger partial charge in [0.05, 0.1) is 0 Å². The number of aliphatic hydroxyl groups is 1. The van der Waals surface area contributed by atoms with Crippen molar-refractivity contribution in [2.24, 2.45) is 0 Å². The van der Waals surface area contributed by atoms with Gasteiger partial charge in [-0.25, -0.2) is 0 Å². The van der Waals surface area contributed by atoms with Crippen LogP contribution in [0.4, 0.5) is 0 Å². The number of fused-ring (bicyclic) bond motifs is 1. The topological polar surface area (TPSA) is 78.2 Å². The van der Waals surface area contributed by atoms with Crippen molar-refractivity contribution in [1.82, 2.24) is 20.0 Å². The molecule has 6 heteroatoms. The van der Waals surface area contributed by atoms with Gasteiger partial charge in [0, 0.05) is 37.3 Å². The summed E-state index contributed by atoms with van der Waals surface area (Å²) >= 11 is 0. The van der Waals surface area contributed by atoms with E-state index in [4.69, 9.17) is 4.52 Å². The number of H-pyrrole nitrogens is 1. The normalized spacial score (nSPS) is 22.2. The molecule has 3 heterocycles. The molecule has 1 unspecified atom stereocenters. The number of aromatic amines is 1. The summed E-state index contributed by atoms with van der Waals surface area (Å²) in [5.74, 6) is 0.982. The van der Waals surface area contributed by atoms with Crippen LogP contribution in [-0.4, -0.2) is 38.2 Å². The molecule has 0 bridgehead atoms. The molecule has 1 aliphatic heterocycles. The number of hydrogen-bond donors (Lipinski definition) is 2. The molecule has 4 rings (SSSR count). The number of rotatable bonds is 4. The smallest absolute Gasteiger partial charge is 0.259 e. The van der Waals surface area contributed by atoms with Gasteiger partial charge in [-0.15, -0.1) is 0 Å². The van der Waals surface area contributed by atoms with Gasteiger partial charge >= 0.3 is 0 Å². The van der Waals surface area contributed by atoms with Crippen molar-refractivity contribution in [3.63, 3.8) is 0 Å². The molecule has 1 saturated heterocycles. The highest BCUT2D eigenvalue weighted by atomic mass is 16.5. The molecule has 0 aliphatic carbocycles. The Hall–Kier alpha value is -2.18. The minimum atomic E-state index is -1.04. The second kappa shape index (κ2) is 5.47. The summed E-state index contributed by atoms with van der Waals surface area (Å²) in [4.78, 5) is 9.93. The largest absolute Gasteiger partial charge is 0.379 e. The summed E-state index contributed by atoms with van der Waals surface area (Å²) in [5, 5.41) is 15.9. The first kappa shape index (κ1) is 14.4. The van der Waals surface area contributed by atoms with Gasteiger partial charge in [0.15, 0.2) is 11.4 Å². The van der Waals surface area contributed by atoms with Crippen molar-refractivity contribution >= 4 is 10.9 Å². The van der Waals surface area contributed by atoms with Gasteiger partial charge < -0.3 is 14.6 Å². The van der Waals surface area contributed by atoms with Crippen LogP contribution in [0.2, 0.25) is 0 Å². The highest BCUT2D eigenvalue weighted by Gasteiger charge is 2.42. The minimum absolute atomic E-state index is 0.341. The Bertz CT molecular complexity index is 792. The Morgan fingerprint density at radius 3 is 3.04 bits per heavy atom. The first-order valence-corrected chi connectivity index (χ1v) is 8.01. The minimum Gasteiger partial charge on any atom is -0.379 e. The van der Waals surface area contributed by atoms with Crippen molar-refractivity contribution < 1.29 is 9.63 Å². The fraction of sp³-hybridized carbons (Fsp3) is 0.412. The van der Waals surface area contributed by atoms with Crippen LogP contribution in [0.15, 0.2) is 34.9 Å². The van der Waals surface area contributed by atoms with Gasteiger partial charge in [0.25, 0.3) is 5.89 Å². The highest BCUT2D eigenvalue weighted by Crippen LogP contribution is 2.31. The second-order valence-corrected chi connectivity index (χ2v) is 6.24. The first-order chi connectivity index (χ1) is 11.2. The second-order valence-electron chi connectivity index (χ2n) is 6.24. The number of nitrogens with zero attached hydrogens (tertiary/aromatic N) is 3. The molecule has 3 aromatic rings. The van der Waals surface area contributed by atoms with Gasteiger partial charge in [-0.2, -0.15) is 4.98 Å². The lowest BCUT2D eigenvalue weighted by atomic mass is 10.0. The van der Waals surface area contributed by atoms with E-state index in [0.29, 0.717) is 31.1 Å².